The van der Waals surface area contributed by atoms with Gasteiger partial charge in [-0.25, -0.2) is 4.98 Å². The zero-order valence-corrected chi connectivity index (χ0v) is 21.5. The summed E-state index contributed by atoms with van der Waals surface area (Å²) in [6.45, 7) is 2.52. The number of rotatable bonds is 6. The van der Waals surface area contributed by atoms with Crippen molar-refractivity contribution in [2.75, 3.05) is 18.1 Å². The zero-order valence-electron chi connectivity index (χ0n) is 21.5. The Morgan fingerprint density at radius 2 is 1.87 bits per heavy atom. The Morgan fingerprint density at radius 3 is 2.61 bits per heavy atom. The molecule has 1 saturated carbocycles. The maximum Gasteiger partial charge on any atom is 0.259 e. The summed E-state index contributed by atoms with van der Waals surface area (Å²) in [5, 5.41) is 0. The smallest absolute Gasteiger partial charge is 0.259 e. The number of benzene rings is 2. The standard InChI is InChI=1S/C30H32N4O4/c1-20-17-33(27-25(35)18-38-28(20)27)30(37)26(21-8-5-6-9-21)34(23-11-3-2-4-12-23)29(36)22-10-7-13-24(16-22)32-15-14-31-19-32/h2-4,7,10-16,19-21,26-28H,5-6,8-9,17-18H2,1H3/t20-,26-,27+,28+/m0/s1. The fraction of sp³-hybridized carbons (Fsp3) is 0.400. The number of para-hydroxylation sites is 1. The van der Waals surface area contributed by atoms with Crippen LogP contribution in [0.15, 0.2) is 73.3 Å². The first kappa shape index (κ1) is 24.6. The van der Waals surface area contributed by atoms with Crippen LogP contribution in [-0.2, 0) is 14.3 Å². The fourth-order valence-electron chi connectivity index (χ4n) is 6.43. The van der Waals surface area contributed by atoms with Crippen molar-refractivity contribution in [3.8, 4) is 5.69 Å². The molecule has 6 rings (SSSR count). The van der Waals surface area contributed by atoms with Gasteiger partial charge in [-0.3, -0.25) is 19.3 Å². The molecule has 3 aromatic rings. The van der Waals surface area contributed by atoms with Gasteiger partial charge in [-0.05, 0) is 49.1 Å². The number of hydrogen-bond donors (Lipinski definition) is 0. The molecule has 2 saturated heterocycles. The van der Waals surface area contributed by atoms with Crippen molar-refractivity contribution < 1.29 is 19.1 Å². The molecule has 8 nitrogen and oxygen atoms in total. The van der Waals surface area contributed by atoms with Gasteiger partial charge in [0.2, 0.25) is 5.91 Å². The van der Waals surface area contributed by atoms with E-state index in [0.29, 0.717) is 17.8 Å². The number of ketones is 1. The van der Waals surface area contributed by atoms with Gasteiger partial charge in [0.05, 0.1) is 12.4 Å². The van der Waals surface area contributed by atoms with Crippen molar-refractivity contribution in [3.63, 3.8) is 0 Å². The Labute approximate surface area is 222 Å². The van der Waals surface area contributed by atoms with Gasteiger partial charge < -0.3 is 14.2 Å². The van der Waals surface area contributed by atoms with Gasteiger partial charge in [0.15, 0.2) is 5.78 Å². The lowest BCUT2D eigenvalue weighted by Gasteiger charge is -2.38. The van der Waals surface area contributed by atoms with Crippen molar-refractivity contribution in [1.29, 1.82) is 0 Å². The number of aromatic nitrogens is 2. The number of nitrogens with zero attached hydrogens (tertiary/aromatic N) is 4. The van der Waals surface area contributed by atoms with Gasteiger partial charge in [-0.1, -0.05) is 44.0 Å². The molecule has 0 unspecified atom stereocenters. The van der Waals surface area contributed by atoms with E-state index in [1.54, 1.807) is 28.4 Å². The monoisotopic (exact) mass is 512 g/mol. The predicted octanol–water partition coefficient (Wildman–Crippen LogP) is 3.89. The van der Waals surface area contributed by atoms with Crippen LogP contribution in [0.2, 0.25) is 0 Å². The molecule has 1 aliphatic carbocycles. The van der Waals surface area contributed by atoms with Crippen LogP contribution < -0.4 is 4.90 Å². The van der Waals surface area contributed by atoms with Crippen molar-refractivity contribution >= 4 is 23.3 Å². The first-order valence-corrected chi connectivity index (χ1v) is 13.4. The SMILES string of the molecule is C[C@H]1CN(C(=O)[C@H](C2CCCC2)N(C(=O)c2cccc(-n3ccnc3)c2)c2ccccc2)[C@@H]2C(=O)CO[C@@H]21. The molecule has 0 N–H and O–H groups in total. The molecule has 3 aliphatic rings. The van der Waals surface area contributed by atoms with E-state index in [1.807, 2.05) is 66.2 Å². The number of carbonyl (C=O) groups excluding carboxylic acids is 3. The number of ether oxygens (including phenoxy) is 1. The molecule has 0 radical (unpaired) electrons. The molecule has 1 aromatic heterocycles. The summed E-state index contributed by atoms with van der Waals surface area (Å²) in [4.78, 5) is 49.2. The van der Waals surface area contributed by atoms with Gasteiger partial charge in [0.25, 0.3) is 5.91 Å². The van der Waals surface area contributed by atoms with Crippen LogP contribution in [-0.4, -0.2) is 63.4 Å². The lowest BCUT2D eigenvalue weighted by Crippen LogP contribution is -2.56. The van der Waals surface area contributed by atoms with Crippen molar-refractivity contribution in [1.82, 2.24) is 14.5 Å². The zero-order chi connectivity index (χ0) is 26.2. The van der Waals surface area contributed by atoms with Crippen molar-refractivity contribution in [2.24, 2.45) is 11.8 Å². The average molecular weight is 513 g/mol. The van der Waals surface area contributed by atoms with Gasteiger partial charge in [0.1, 0.15) is 18.7 Å². The van der Waals surface area contributed by atoms with Gasteiger partial charge in [-0.15, -0.1) is 0 Å². The lowest BCUT2D eigenvalue weighted by atomic mass is 9.93. The third-order valence-electron chi connectivity index (χ3n) is 8.25. The lowest BCUT2D eigenvalue weighted by molar-refractivity contribution is -0.138. The van der Waals surface area contributed by atoms with E-state index in [2.05, 4.69) is 4.98 Å². The molecule has 3 heterocycles. The molecule has 38 heavy (non-hydrogen) atoms. The van der Waals surface area contributed by atoms with Crippen LogP contribution in [0.1, 0.15) is 43.0 Å². The predicted molar refractivity (Wildman–Crippen MR) is 142 cm³/mol. The highest BCUT2D eigenvalue weighted by atomic mass is 16.5. The minimum Gasteiger partial charge on any atom is -0.367 e. The van der Waals surface area contributed by atoms with Crippen LogP contribution in [0.4, 0.5) is 5.69 Å². The van der Waals surface area contributed by atoms with E-state index >= 15 is 0 Å². The summed E-state index contributed by atoms with van der Waals surface area (Å²) in [5.41, 5.74) is 1.98. The van der Waals surface area contributed by atoms with Crippen LogP contribution >= 0.6 is 0 Å². The van der Waals surface area contributed by atoms with E-state index in [9.17, 15) is 14.4 Å². The summed E-state index contributed by atoms with van der Waals surface area (Å²) in [6, 6.07) is 15.5. The fourth-order valence-corrected chi connectivity index (χ4v) is 6.43. The average Bonchev–Trinajstić information content (AvgIpc) is 3.75. The number of hydrogen-bond acceptors (Lipinski definition) is 5. The summed E-state index contributed by atoms with van der Waals surface area (Å²) >= 11 is 0. The van der Waals surface area contributed by atoms with Crippen LogP contribution in [0.3, 0.4) is 0 Å². The number of Topliss-reactive ketones (excluding diaryl/α,β-unsaturated/α-hetero) is 1. The topological polar surface area (TPSA) is 84.7 Å². The molecule has 4 atom stereocenters. The summed E-state index contributed by atoms with van der Waals surface area (Å²) in [5.74, 6) is -0.370. The quantitative estimate of drug-likeness (QED) is 0.500. The normalized spacial score (nSPS) is 24.0. The van der Waals surface area contributed by atoms with Crippen molar-refractivity contribution in [3.05, 3.63) is 78.9 Å². The maximum atomic E-state index is 14.5. The Bertz CT molecular complexity index is 1320. The number of imidazole rings is 1. The maximum absolute atomic E-state index is 14.5. The minimum absolute atomic E-state index is 0.00951. The molecule has 3 fully saturated rings. The molecule has 196 valence electrons. The highest BCUT2D eigenvalue weighted by molar-refractivity contribution is 6.10. The van der Waals surface area contributed by atoms with E-state index in [-0.39, 0.29) is 42.1 Å². The minimum atomic E-state index is -0.705. The molecular weight excluding hydrogens is 480 g/mol. The largest absolute Gasteiger partial charge is 0.367 e. The third kappa shape index (κ3) is 4.32. The Balaban J connectivity index is 1.42. The first-order chi connectivity index (χ1) is 18.5. The number of likely N-dealkylation sites (tertiary alicyclic amines) is 1. The van der Waals surface area contributed by atoms with Crippen LogP contribution in [0, 0.1) is 11.8 Å². The van der Waals surface area contributed by atoms with E-state index < -0.39 is 12.1 Å². The second-order valence-corrected chi connectivity index (χ2v) is 10.7. The molecular formula is C30H32N4O4. The Hall–Kier alpha value is -3.78. The molecule has 2 aromatic carbocycles. The van der Waals surface area contributed by atoms with Gasteiger partial charge in [0, 0.05) is 41.8 Å². The number of amides is 2. The summed E-state index contributed by atoms with van der Waals surface area (Å²) in [6.07, 6.45) is 8.71. The number of carbonyl (C=O) groups is 3. The van der Waals surface area contributed by atoms with Crippen LogP contribution in [0.5, 0.6) is 0 Å². The summed E-state index contributed by atoms with van der Waals surface area (Å²) < 4.78 is 7.61. The van der Waals surface area contributed by atoms with E-state index in [1.165, 1.54) is 0 Å². The first-order valence-electron chi connectivity index (χ1n) is 13.4. The molecule has 2 amide bonds. The molecule has 8 heteroatoms. The van der Waals surface area contributed by atoms with E-state index in [0.717, 1.165) is 31.4 Å². The highest BCUT2D eigenvalue weighted by Crippen LogP contribution is 2.38. The molecule has 0 spiro atoms. The Morgan fingerprint density at radius 1 is 1.08 bits per heavy atom. The summed E-state index contributed by atoms with van der Waals surface area (Å²) in [7, 11) is 0. The van der Waals surface area contributed by atoms with Crippen LogP contribution in [0.25, 0.3) is 5.69 Å². The van der Waals surface area contributed by atoms with Gasteiger partial charge >= 0.3 is 0 Å². The second-order valence-electron chi connectivity index (χ2n) is 10.7. The number of fused-ring (bicyclic) bond motifs is 1. The Kier molecular flexibility index (Phi) is 6.57. The third-order valence-corrected chi connectivity index (χ3v) is 8.25. The highest BCUT2D eigenvalue weighted by Gasteiger charge is 2.53. The van der Waals surface area contributed by atoms with E-state index in [4.69, 9.17) is 4.74 Å². The van der Waals surface area contributed by atoms with Crippen molar-refractivity contribution in [2.45, 2.75) is 50.8 Å². The molecule has 2 aliphatic heterocycles. The molecule has 0 bridgehead atoms. The second kappa shape index (κ2) is 10.2. The number of anilines is 1. The van der Waals surface area contributed by atoms with Gasteiger partial charge in [-0.2, -0.15) is 0 Å².